The van der Waals surface area contributed by atoms with Gasteiger partial charge in [0, 0.05) is 6.04 Å². The molecule has 3 rings (SSSR count). The number of para-hydroxylation sites is 1. The second kappa shape index (κ2) is 6.35. The van der Waals surface area contributed by atoms with Crippen molar-refractivity contribution in [2.75, 3.05) is 10.6 Å². The molecular weight excluding hydrogens is 331 g/mol. The van der Waals surface area contributed by atoms with Crippen LogP contribution < -0.4 is 9.62 Å². The van der Waals surface area contributed by atoms with Gasteiger partial charge in [-0.05, 0) is 50.2 Å². The van der Waals surface area contributed by atoms with E-state index in [0.29, 0.717) is 11.8 Å². The van der Waals surface area contributed by atoms with E-state index in [-0.39, 0.29) is 17.6 Å². The van der Waals surface area contributed by atoms with Gasteiger partial charge in [0.15, 0.2) is 0 Å². The first-order valence-corrected chi connectivity index (χ1v) is 10.2. The molecule has 0 aromatic heterocycles. The third-order valence-electron chi connectivity index (χ3n) is 5.24. The van der Waals surface area contributed by atoms with E-state index in [4.69, 9.17) is 0 Å². The van der Waals surface area contributed by atoms with Crippen molar-refractivity contribution in [1.82, 2.24) is 5.32 Å². The van der Waals surface area contributed by atoms with Crippen LogP contribution >= 0.6 is 0 Å². The van der Waals surface area contributed by atoms with Crippen LogP contribution in [0.2, 0.25) is 0 Å². The van der Waals surface area contributed by atoms with Gasteiger partial charge in [-0.2, -0.15) is 0 Å². The molecule has 0 spiro atoms. The number of amides is 1. The van der Waals surface area contributed by atoms with E-state index in [1.54, 1.807) is 6.07 Å². The second-order valence-corrected chi connectivity index (χ2v) is 8.84. The van der Waals surface area contributed by atoms with Crippen molar-refractivity contribution in [1.29, 1.82) is 0 Å². The van der Waals surface area contributed by atoms with Crippen LogP contribution in [0.25, 0.3) is 0 Å². The minimum atomic E-state index is -3.80. The number of halogens is 1. The maximum Gasteiger partial charge on any atom is 0.243 e. The third kappa shape index (κ3) is 3.27. The van der Waals surface area contributed by atoms with Crippen LogP contribution in [0.4, 0.5) is 10.1 Å². The lowest BCUT2D eigenvalue weighted by atomic mass is 9.95. The minimum absolute atomic E-state index is 0.101. The minimum Gasteiger partial charge on any atom is -0.351 e. The number of anilines is 1. The van der Waals surface area contributed by atoms with Crippen LogP contribution in [-0.2, 0) is 14.8 Å². The quantitative estimate of drug-likeness (QED) is 0.882. The average Bonchev–Trinajstić information content (AvgIpc) is 3.10. The van der Waals surface area contributed by atoms with Crippen molar-refractivity contribution in [3.05, 3.63) is 30.1 Å². The fourth-order valence-electron chi connectivity index (χ4n) is 4.14. The Morgan fingerprint density at radius 2 is 2.00 bits per heavy atom. The molecule has 2 fully saturated rings. The number of hydrogen-bond acceptors (Lipinski definition) is 3. The molecule has 1 N–H and O–H groups in total. The highest BCUT2D eigenvalue weighted by Crippen LogP contribution is 2.44. The van der Waals surface area contributed by atoms with E-state index < -0.39 is 21.9 Å². The highest BCUT2D eigenvalue weighted by molar-refractivity contribution is 7.92. The van der Waals surface area contributed by atoms with Gasteiger partial charge in [0.2, 0.25) is 15.9 Å². The van der Waals surface area contributed by atoms with Gasteiger partial charge in [-0.25, -0.2) is 12.8 Å². The lowest BCUT2D eigenvalue weighted by molar-refractivity contribution is -0.122. The topological polar surface area (TPSA) is 66.5 Å². The Hall–Kier alpha value is -1.63. The summed E-state index contributed by atoms with van der Waals surface area (Å²) in [4.78, 5) is 12.6. The highest BCUT2D eigenvalue weighted by atomic mass is 32.2. The first kappa shape index (κ1) is 17.2. The van der Waals surface area contributed by atoms with Gasteiger partial charge in [0.25, 0.3) is 0 Å². The molecule has 1 aromatic rings. The molecule has 0 saturated heterocycles. The van der Waals surface area contributed by atoms with Gasteiger partial charge in [-0.15, -0.1) is 0 Å². The Morgan fingerprint density at radius 3 is 2.54 bits per heavy atom. The predicted molar refractivity (Wildman–Crippen MR) is 90.6 cm³/mol. The summed E-state index contributed by atoms with van der Waals surface area (Å²) in [6, 6.07) is 4.71. The molecule has 1 aromatic carbocycles. The molecule has 0 heterocycles. The smallest absolute Gasteiger partial charge is 0.243 e. The number of benzene rings is 1. The van der Waals surface area contributed by atoms with Gasteiger partial charge < -0.3 is 5.32 Å². The lowest BCUT2D eigenvalue weighted by Crippen LogP contribution is -2.51. The predicted octanol–water partition coefficient (Wildman–Crippen LogP) is 2.29. The second-order valence-electron chi connectivity index (χ2n) is 6.98. The number of carbonyl (C=O) groups excluding carboxylic acids is 1. The lowest BCUT2D eigenvalue weighted by Gasteiger charge is -2.31. The normalized spacial score (nSPS) is 27.0. The maximum atomic E-state index is 14.1. The van der Waals surface area contributed by atoms with Crippen LogP contribution in [-0.4, -0.2) is 32.7 Å². The standard InChI is InChI=1S/C17H23FN2O3S/c1-11(17(21)19-15-10-12-7-8-13(15)9-12)20(24(2,22)23)16-6-4-3-5-14(16)18/h3-6,11-13,15H,7-10H2,1-2H3,(H,19,21). The summed E-state index contributed by atoms with van der Waals surface area (Å²) in [7, 11) is -3.80. The van der Waals surface area contributed by atoms with Crippen LogP contribution in [0.15, 0.2) is 24.3 Å². The van der Waals surface area contributed by atoms with Gasteiger partial charge in [-0.1, -0.05) is 18.6 Å². The molecule has 0 radical (unpaired) electrons. The number of fused-ring (bicyclic) bond motifs is 2. The van der Waals surface area contributed by atoms with E-state index in [1.807, 2.05) is 0 Å². The van der Waals surface area contributed by atoms with Crippen LogP contribution in [0.1, 0.15) is 32.6 Å². The van der Waals surface area contributed by atoms with E-state index >= 15 is 0 Å². The zero-order chi connectivity index (χ0) is 17.5. The van der Waals surface area contributed by atoms with Crippen molar-refractivity contribution in [3.63, 3.8) is 0 Å². The van der Waals surface area contributed by atoms with Crippen molar-refractivity contribution in [2.45, 2.75) is 44.7 Å². The largest absolute Gasteiger partial charge is 0.351 e. The summed E-state index contributed by atoms with van der Waals surface area (Å²) in [6.45, 7) is 1.50. The first-order chi connectivity index (χ1) is 11.3. The summed E-state index contributed by atoms with van der Waals surface area (Å²) in [6.07, 6.45) is 5.43. The summed E-state index contributed by atoms with van der Waals surface area (Å²) < 4.78 is 39.3. The van der Waals surface area contributed by atoms with Crippen molar-refractivity contribution in [2.24, 2.45) is 11.8 Å². The number of nitrogens with zero attached hydrogens (tertiary/aromatic N) is 1. The molecule has 1 amide bonds. The van der Waals surface area contributed by atoms with Crippen molar-refractivity contribution in [3.8, 4) is 0 Å². The summed E-state index contributed by atoms with van der Waals surface area (Å²) in [5.74, 6) is 0.128. The Kier molecular flexibility index (Phi) is 4.55. The summed E-state index contributed by atoms with van der Waals surface area (Å²) in [5.41, 5.74) is -0.101. The molecule has 0 aliphatic heterocycles. The van der Waals surface area contributed by atoms with E-state index in [2.05, 4.69) is 5.32 Å². The number of nitrogens with one attached hydrogen (secondary N) is 1. The summed E-state index contributed by atoms with van der Waals surface area (Å²) >= 11 is 0. The van der Waals surface area contributed by atoms with Crippen molar-refractivity contribution < 1.29 is 17.6 Å². The Bertz CT molecular complexity index is 737. The van der Waals surface area contributed by atoms with Gasteiger partial charge in [0.1, 0.15) is 11.9 Å². The van der Waals surface area contributed by atoms with Gasteiger partial charge in [-0.3, -0.25) is 9.10 Å². The Labute approximate surface area is 142 Å². The molecule has 24 heavy (non-hydrogen) atoms. The molecule has 5 nitrogen and oxygen atoms in total. The molecular formula is C17H23FN2O3S. The zero-order valence-corrected chi connectivity index (χ0v) is 14.7. The fourth-order valence-corrected chi connectivity index (χ4v) is 5.31. The summed E-state index contributed by atoms with van der Waals surface area (Å²) in [5, 5.41) is 2.98. The molecule has 4 unspecified atom stereocenters. The monoisotopic (exact) mass is 354 g/mol. The fraction of sp³-hybridized carbons (Fsp3) is 0.588. The number of hydrogen-bond donors (Lipinski definition) is 1. The van der Waals surface area contributed by atoms with E-state index in [1.165, 1.54) is 31.5 Å². The van der Waals surface area contributed by atoms with Crippen LogP contribution in [0, 0.1) is 17.7 Å². The molecule has 4 atom stereocenters. The highest BCUT2D eigenvalue weighted by Gasteiger charge is 2.41. The molecule has 7 heteroatoms. The molecule has 2 aliphatic rings. The Balaban J connectivity index is 1.80. The SMILES string of the molecule is CC(C(=O)NC1CC2CCC1C2)N(c1ccccc1F)S(C)(=O)=O. The van der Waals surface area contributed by atoms with Crippen molar-refractivity contribution >= 4 is 21.6 Å². The molecule has 2 bridgehead atoms. The van der Waals surface area contributed by atoms with Crippen LogP contribution in [0.3, 0.4) is 0 Å². The van der Waals surface area contributed by atoms with Gasteiger partial charge in [0.05, 0.1) is 11.9 Å². The number of carbonyl (C=O) groups is 1. The van der Waals surface area contributed by atoms with Gasteiger partial charge >= 0.3 is 0 Å². The number of sulfonamides is 1. The zero-order valence-electron chi connectivity index (χ0n) is 13.9. The molecule has 132 valence electrons. The molecule has 2 saturated carbocycles. The van der Waals surface area contributed by atoms with E-state index in [9.17, 15) is 17.6 Å². The third-order valence-corrected chi connectivity index (χ3v) is 6.47. The average molecular weight is 354 g/mol. The number of rotatable bonds is 5. The molecule has 2 aliphatic carbocycles. The van der Waals surface area contributed by atoms with E-state index in [0.717, 1.165) is 29.8 Å². The first-order valence-electron chi connectivity index (χ1n) is 8.31. The Morgan fingerprint density at radius 1 is 1.29 bits per heavy atom. The van der Waals surface area contributed by atoms with Crippen LogP contribution in [0.5, 0.6) is 0 Å². The maximum absolute atomic E-state index is 14.1.